The summed E-state index contributed by atoms with van der Waals surface area (Å²) >= 11 is 0. The van der Waals surface area contributed by atoms with Gasteiger partial charge in [0, 0.05) is 0 Å². The Hall–Kier alpha value is -0.0100. The standard InChI is InChI=1S/C13H28N.ClH/c1-5-8-10-13-14(4,11-7-3)12-9-6-2;/h7H,3,5-6,8-13H2,1-2,4H3;1H/q+1;/p-1. The van der Waals surface area contributed by atoms with Gasteiger partial charge in [0.15, 0.2) is 0 Å². The lowest BCUT2D eigenvalue weighted by atomic mass is 10.2. The third kappa shape index (κ3) is 8.95. The smallest absolute Gasteiger partial charge is 0.0969 e. The second-order valence-corrected chi connectivity index (χ2v) is 4.60. The van der Waals surface area contributed by atoms with Crippen LogP contribution >= 0.6 is 0 Å². The summed E-state index contributed by atoms with van der Waals surface area (Å²) in [7, 11) is 2.37. The van der Waals surface area contributed by atoms with Crippen molar-refractivity contribution in [3.8, 4) is 0 Å². The summed E-state index contributed by atoms with van der Waals surface area (Å²) in [5.41, 5.74) is 0. The maximum Gasteiger partial charge on any atom is 0.0969 e. The maximum absolute atomic E-state index is 3.87. The second kappa shape index (κ2) is 10.5. The molecule has 0 rings (SSSR count). The average Bonchev–Trinajstić information content (AvgIpc) is 2.16. The van der Waals surface area contributed by atoms with E-state index >= 15 is 0 Å². The Morgan fingerprint density at radius 1 is 1.00 bits per heavy atom. The predicted molar refractivity (Wildman–Crippen MR) is 65.4 cm³/mol. The summed E-state index contributed by atoms with van der Waals surface area (Å²) < 4.78 is 1.19. The minimum atomic E-state index is 0. The summed E-state index contributed by atoms with van der Waals surface area (Å²) in [6, 6.07) is 0. The van der Waals surface area contributed by atoms with E-state index in [9.17, 15) is 0 Å². The fourth-order valence-electron chi connectivity index (χ4n) is 1.89. The molecule has 0 aromatic rings. The van der Waals surface area contributed by atoms with Gasteiger partial charge in [-0.3, -0.25) is 0 Å². The van der Waals surface area contributed by atoms with E-state index in [4.69, 9.17) is 0 Å². The molecule has 15 heavy (non-hydrogen) atoms. The lowest BCUT2D eigenvalue weighted by Crippen LogP contribution is -3.00. The van der Waals surface area contributed by atoms with E-state index in [2.05, 4.69) is 33.6 Å². The molecule has 2 heteroatoms. The molecule has 0 N–H and O–H groups in total. The van der Waals surface area contributed by atoms with Crippen molar-refractivity contribution in [2.75, 3.05) is 26.7 Å². The van der Waals surface area contributed by atoms with Crippen molar-refractivity contribution >= 4 is 0 Å². The highest BCUT2D eigenvalue weighted by molar-refractivity contribution is 4.65. The highest BCUT2D eigenvalue weighted by atomic mass is 35.5. The minimum Gasteiger partial charge on any atom is -1.00 e. The zero-order valence-corrected chi connectivity index (χ0v) is 11.5. The van der Waals surface area contributed by atoms with Crippen molar-refractivity contribution in [2.24, 2.45) is 0 Å². The van der Waals surface area contributed by atoms with Gasteiger partial charge in [-0.15, -0.1) is 0 Å². The topological polar surface area (TPSA) is 0 Å². The van der Waals surface area contributed by atoms with E-state index in [1.54, 1.807) is 0 Å². The van der Waals surface area contributed by atoms with Gasteiger partial charge in [0.2, 0.25) is 0 Å². The molecule has 0 heterocycles. The molecule has 0 aliphatic heterocycles. The van der Waals surface area contributed by atoms with Crippen molar-refractivity contribution in [2.45, 2.75) is 46.0 Å². The molecule has 0 fully saturated rings. The van der Waals surface area contributed by atoms with Crippen LogP contribution in [-0.4, -0.2) is 31.2 Å². The monoisotopic (exact) mass is 233 g/mol. The molecule has 0 saturated heterocycles. The van der Waals surface area contributed by atoms with Crippen LogP contribution in [0.1, 0.15) is 46.0 Å². The zero-order valence-electron chi connectivity index (χ0n) is 10.8. The van der Waals surface area contributed by atoms with Crippen molar-refractivity contribution < 1.29 is 16.9 Å². The van der Waals surface area contributed by atoms with Gasteiger partial charge < -0.3 is 16.9 Å². The Morgan fingerprint density at radius 3 is 2.00 bits per heavy atom. The van der Waals surface area contributed by atoms with Crippen LogP contribution < -0.4 is 12.4 Å². The number of unbranched alkanes of at least 4 members (excludes halogenated alkanes) is 3. The number of nitrogens with zero attached hydrogens (tertiary/aromatic N) is 1. The van der Waals surface area contributed by atoms with E-state index in [1.165, 1.54) is 49.7 Å². The Balaban J connectivity index is 0. The van der Waals surface area contributed by atoms with Gasteiger partial charge in [-0.25, -0.2) is 0 Å². The summed E-state index contributed by atoms with van der Waals surface area (Å²) in [4.78, 5) is 0. The van der Waals surface area contributed by atoms with Crippen LogP contribution in [0.25, 0.3) is 0 Å². The van der Waals surface area contributed by atoms with Gasteiger partial charge >= 0.3 is 0 Å². The first-order chi connectivity index (χ1) is 6.68. The number of rotatable bonds is 9. The molecule has 0 aliphatic rings. The number of likely N-dealkylation sites (N-methyl/N-ethyl adjacent to an activating group) is 1. The van der Waals surface area contributed by atoms with Gasteiger partial charge in [-0.05, 0) is 25.3 Å². The van der Waals surface area contributed by atoms with Crippen LogP contribution in [0, 0.1) is 0 Å². The van der Waals surface area contributed by atoms with E-state index in [0.29, 0.717) is 0 Å². The predicted octanol–water partition coefficient (Wildman–Crippen LogP) is 0.613. The van der Waals surface area contributed by atoms with Crippen molar-refractivity contribution in [3.05, 3.63) is 12.7 Å². The Labute approximate surface area is 103 Å². The van der Waals surface area contributed by atoms with Crippen LogP contribution in [0.2, 0.25) is 0 Å². The quantitative estimate of drug-likeness (QED) is 0.311. The van der Waals surface area contributed by atoms with Crippen LogP contribution in [0.4, 0.5) is 0 Å². The number of hydrogen-bond donors (Lipinski definition) is 0. The van der Waals surface area contributed by atoms with E-state index in [1.807, 2.05) is 0 Å². The third-order valence-corrected chi connectivity index (χ3v) is 2.92. The first-order valence-electron chi connectivity index (χ1n) is 6.13. The maximum atomic E-state index is 3.87. The second-order valence-electron chi connectivity index (χ2n) is 4.60. The molecule has 0 amide bonds. The van der Waals surface area contributed by atoms with Crippen molar-refractivity contribution in [1.29, 1.82) is 0 Å². The molecule has 1 nitrogen and oxygen atoms in total. The summed E-state index contributed by atoms with van der Waals surface area (Å²) in [5, 5.41) is 0. The van der Waals surface area contributed by atoms with Crippen LogP contribution in [0.3, 0.4) is 0 Å². The van der Waals surface area contributed by atoms with Crippen LogP contribution in [0.15, 0.2) is 12.7 Å². The summed E-state index contributed by atoms with van der Waals surface area (Å²) in [6.45, 7) is 12.2. The molecule has 92 valence electrons. The number of quaternary nitrogens is 1. The molecule has 1 unspecified atom stereocenters. The normalized spacial score (nSPS) is 14.1. The molecule has 0 aliphatic carbocycles. The first kappa shape index (κ1) is 17.4. The summed E-state index contributed by atoms with van der Waals surface area (Å²) in [6.07, 6.45) is 8.78. The lowest BCUT2D eigenvalue weighted by molar-refractivity contribution is -0.904. The molecular formula is C13H28ClN. The minimum absolute atomic E-state index is 0. The number of halogens is 1. The zero-order chi connectivity index (χ0) is 10.9. The van der Waals surface area contributed by atoms with Crippen molar-refractivity contribution in [1.82, 2.24) is 0 Å². The molecule has 0 saturated carbocycles. The molecule has 0 spiro atoms. The fraction of sp³-hybridized carbons (Fsp3) is 0.846. The van der Waals surface area contributed by atoms with E-state index in [-0.39, 0.29) is 12.4 Å². The van der Waals surface area contributed by atoms with Gasteiger partial charge in [-0.1, -0.05) is 33.3 Å². The molecule has 0 bridgehead atoms. The highest BCUT2D eigenvalue weighted by Gasteiger charge is 2.17. The first-order valence-corrected chi connectivity index (χ1v) is 6.13. The third-order valence-electron chi connectivity index (χ3n) is 2.92. The SMILES string of the molecule is C=CC[N+](C)(CCCC)CCCCC.[Cl-]. The van der Waals surface area contributed by atoms with Gasteiger partial charge in [0.1, 0.15) is 0 Å². The van der Waals surface area contributed by atoms with E-state index in [0.717, 1.165) is 6.54 Å². The lowest BCUT2D eigenvalue weighted by Gasteiger charge is -2.33. The summed E-state index contributed by atoms with van der Waals surface area (Å²) in [5.74, 6) is 0. The Morgan fingerprint density at radius 2 is 1.53 bits per heavy atom. The largest absolute Gasteiger partial charge is 1.00 e. The van der Waals surface area contributed by atoms with Gasteiger partial charge in [-0.2, -0.15) is 0 Å². The van der Waals surface area contributed by atoms with Crippen LogP contribution in [0.5, 0.6) is 0 Å². The Bertz CT molecular complexity index is 147. The fourth-order valence-corrected chi connectivity index (χ4v) is 1.89. The Kier molecular flexibility index (Phi) is 12.2. The molecule has 0 radical (unpaired) electrons. The average molecular weight is 234 g/mol. The van der Waals surface area contributed by atoms with Crippen molar-refractivity contribution in [3.63, 3.8) is 0 Å². The molecule has 0 aromatic heterocycles. The van der Waals surface area contributed by atoms with Crippen LogP contribution in [-0.2, 0) is 0 Å². The molecule has 1 atom stereocenters. The molecular weight excluding hydrogens is 206 g/mol. The van der Waals surface area contributed by atoms with Gasteiger partial charge in [0.05, 0.1) is 26.7 Å². The highest BCUT2D eigenvalue weighted by Crippen LogP contribution is 2.09. The molecule has 0 aromatic carbocycles. The van der Waals surface area contributed by atoms with E-state index < -0.39 is 0 Å². The number of hydrogen-bond acceptors (Lipinski definition) is 0. The van der Waals surface area contributed by atoms with Gasteiger partial charge in [0.25, 0.3) is 0 Å².